The van der Waals surface area contributed by atoms with E-state index in [0.717, 1.165) is 30.6 Å². The Morgan fingerprint density at radius 3 is 2.55 bits per heavy atom. The molecular formula is C17H20N2O. The number of aromatic nitrogens is 1. The summed E-state index contributed by atoms with van der Waals surface area (Å²) < 4.78 is 2.16. The average molecular weight is 268 g/mol. The first-order chi connectivity index (χ1) is 9.65. The van der Waals surface area contributed by atoms with Gasteiger partial charge in [0.2, 0.25) is 0 Å². The van der Waals surface area contributed by atoms with Crippen molar-refractivity contribution in [1.29, 1.82) is 0 Å². The summed E-state index contributed by atoms with van der Waals surface area (Å²) in [5.41, 5.74) is 4.52. The maximum Gasteiger partial charge on any atom is 0.164 e. The second-order valence-electron chi connectivity index (χ2n) is 5.73. The predicted octanol–water partition coefficient (Wildman–Crippen LogP) is 3.06. The van der Waals surface area contributed by atoms with Crippen LogP contribution in [0.2, 0.25) is 0 Å². The minimum absolute atomic E-state index is 0.286. The molecule has 0 amide bonds. The minimum atomic E-state index is 0.286. The van der Waals surface area contributed by atoms with E-state index in [2.05, 4.69) is 47.8 Å². The van der Waals surface area contributed by atoms with Crippen LogP contribution in [0.1, 0.15) is 34.5 Å². The summed E-state index contributed by atoms with van der Waals surface area (Å²) in [5, 5.41) is 0. The third-order valence-corrected chi connectivity index (χ3v) is 3.82. The lowest BCUT2D eigenvalue weighted by atomic mass is 9.97. The Balaban J connectivity index is 1.92. The summed E-state index contributed by atoms with van der Waals surface area (Å²) in [6, 6.07) is 10.6. The first kappa shape index (κ1) is 13.1. The van der Waals surface area contributed by atoms with Gasteiger partial charge in [0.05, 0.1) is 0 Å². The monoisotopic (exact) mass is 268 g/mol. The van der Waals surface area contributed by atoms with E-state index in [1.54, 1.807) is 0 Å². The van der Waals surface area contributed by atoms with Gasteiger partial charge >= 0.3 is 0 Å². The summed E-state index contributed by atoms with van der Waals surface area (Å²) >= 11 is 0. The molecule has 0 N–H and O–H groups in total. The van der Waals surface area contributed by atoms with E-state index in [4.69, 9.17) is 0 Å². The summed E-state index contributed by atoms with van der Waals surface area (Å²) in [4.78, 5) is 14.0. The van der Waals surface area contributed by atoms with Crippen molar-refractivity contribution in [2.24, 2.45) is 0 Å². The molecule has 104 valence electrons. The van der Waals surface area contributed by atoms with Crippen molar-refractivity contribution in [2.75, 3.05) is 14.1 Å². The van der Waals surface area contributed by atoms with Crippen molar-refractivity contribution in [2.45, 2.75) is 25.8 Å². The second-order valence-corrected chi connectivity index (χ2v) is 5.73. The maximum atomic E-state index is 11.9. The van der Waals surface area contributed by atoms with Crippen molar-refractivity contribution in [3.8, 4) is 5.69 Å². The van der Waals surface area contributed by atoms with Crippen molar-refractivity contribution < 1.29 is 4.79 Å². The van der Waals surface area contributed by atoms with Crippen molar-refractivity contribution >= 4 is 5.78 Å². The van der Waals surface area contributed by atoms with Crippen molar-refractivity contribution in [1.82, 2.24) is 9.47 Å². The van der Waals surface area contributed by atoms with Crippen LogP contribution in [0.15, 0.2) is 36.5 Å². The maximum absolute atomic E-state index is 11.9. The van der Waals surface area contributed by atoms with Gasteiger partial charge in [-0.15, -0.1) is 0 Å². The zero-order chi connectivity index (χ0) is 14.1. The van der Waals surface area contributed by atoms with Crippen LogP contribution in [0, 0.1) is 0 Å². The van der Waals surface area contributed by atoms with Crippen LogP contribution in [-0.4, -0.2) is 29.3 Å². The number of rotatable bonds is 3. The fourth-order valence-electron chi connectivity index (χ4n) is 2.89. The number of fused-ring (bicyclic) bond motifs is 1. The lowest BCUT2D eigenvalue weighted by Gasteiger charge is -2.16. The van der Waals surface area contributed by atoms with E-state index in [0.29, 0.717) is 6.42 Å². The molecule has 1 aromatic carbocycles. The van der Waals surface area contributed by atoms with Crippen LogP contribution in [0.5, 0.6) is 0 Å². The van der Waals surface area contributed by atoms with Gasteiger partial charge in [-0.1, -0.05) is 12.1 Å². The highest BCUT2D eigenvalue weighted by Crippen LogP contribution is 2.25. The normalized spacial score (nSPS) is 14.7. The van der Waals surface area contributed by atoms with Gasteiger partial charge in [0.25, 0.3) is 0 Å². The van der Waals surface area contributed by atoms with Gasteiger partial charge in [0.1, 0.15) is 0 Å². The molecule has 0 unspecified atom stereocenters. The van der Waals surface area contributed by atoms with Crippen molar-refractivity contribution in [3.05, 3.63) is 53.3 Å². The lowest BCUT2D eigenvalue weighted by Crippen LogP contribution is -2.12. The molecule has 0 radical (unpaired) electrons. The number of ketones is 1. The largest absolute Gasteiger partial charge is 0.320 e. The molecule has 20 heavy (non-hydrogen) atoms. The van der Waals surface area contributed by atoms with Crippen molar-refractivity contribution in [3.63, 3.8) is 0 Å². The summed E-state index contributed by atoms with van der Waals surface area (Å²) in [6.45, 7) is 0.947. The number of hydrogen-bond acceptors (Lipinski definition) is 2. The molecule has 0 spiro atoms. The Labute approximate surface area is 119 Å². The fraction of sp³-hybridized carbons (Fsp3) is 0.353. The molecule has 0 bridgehead atoms. The molecule has 0 atom stereocenters. The first-order valence-corrected chi connectivity index (χ1v) is 7.12. The first-order valence-electron chi connectivity index (χ1n) is 7.12. The van der Waals surface area contributed by atoms with Crippen LogP contribution in [0.4, 0.5) is 0 Å². The smallest absolute Gasteiger partial charge is 0.164 e. The lowest BCUT2D eigenvalue weighted by molar-refractivity contribution is 0.0972. The molecule has 1 aliphatic carbocycles. The molecule has 3 nitrogen and oxygen atoms in total. The molecule has 0 fully saturated rings. The highest BCUT2D eigenvalue weighted by Gasteiger charge is 2.20. The molecule has 1 aromatic heterocycles. The van der Waals surface area contributed by atoms with Gasteiger partial charge in [-0.05, 0) is 50.7 Å². The molecule has 2 aromatic rings. The van der Waals surface area contributed by atoms with Crippen LogP contribution in [-0.2, 0) is 13.0 Å². The Kier molecular flexibility index (Phi) is 3.45. The van der Waals surface area contributed by atoms with E-state index < -0.39 is 0 Å². The Hall–Kier alpha value is -1.87. The molecule has 0 aliphatic heterocycles. The highest BCUT2D eigenvalue weighted by molar-refractivity contribution is 5.98. The number of hydrogen-bond donors (Lipinski definition) is 0. The number of nitrogens with zero attached hydrogens (tertiary/aromatic N) is 2. The third-order valence-electron chi connectivity index (χ3n) is 3.82. The van der Waals surface area contributed by atoms with E-state index in [1.807, 2.05) is 12.3 Å². The zero-order valence-corrected chi connectivity index (χ0v) is 12.1. The molecule has 0 saturated heterocycles. The Morgan fingerprint density at radius 1 is 1.10 bits per heavy atom. The summed E-state index contributed by atoms with van der Waals surface area (Å²) in [6.07, 6.45) is 4.68. The molecule has 1 aliphatic rings. The Morgan fingerprint density at radius 2 is 1.85 bits per heavy atom. The van der Waals surface area contributed by atoms with Crippen LogP contribution < -0.4 is 0 Å². The SMILES string of the molecule is CN(C)Cc1ccc(-n2ccc3c2CCCC3=O)cc1. The molecular weight excluding hydrogens is 248 g/mol. The van der Waals surface area contributed by atoms with E-state index in [-0.39, 0.29) is 5.78 Å². The summed E-state index contributed by atoms with van der Waals surface area (Å²) in [7, 11) is 4.14. The van der Waals surface area contributed by atoms with E-state index in [1.165, 1.54) is 11.3 Å². The topological polar surface area (TPSA) is 25.2 Å². The Bertz CT molecular complexity index is 623. The number of Topliss-reactive ketones (excluding diaryl/α,β-unsaturated/α-hetero) is 1. The number of carbonyl (C=O) groups excluding carboxylic acids is 1. The highest BCUT2D eigenvalue weighted by atomic mass is 16.1. The van der Waals surface area contributed by atoms with Crippen LogP contribution >= 0.6 is 0 Å². The number of benzene rings is 1. The number of carbonyl (C=O) groups is 1. The standard InChI is InChI=1S/C17H20N2O/c1-18(2)12-13-6-8-14(9-7-13)19-11-10-15-16(19)4-3-5-17(15)20/h6-11H,3-5,12H2,1-2H3. The second kappa shape index (κ2) is 5.25. The molecule has 3 heteroatoms. The molecule has 3 rings (SSSR count). The summed E-state index contributed by atoms with van der Waals surface area (Å²) in [5.74, 6) is 0.286. The van der Waals surface area contributed by atoms with Crippen LogP contribution in [0.25, 0.3) is 5.69 Å². The van der Waals surface area contributed by atoms with Gasteiger partial charge in [0.15, 0.2) is 5.78 Å². The third kappa shape index (κ3) is 2.41. The van der Waals surface area contributed by atoms with Gasteiger partial charge in [-0.3, -0.25) is 4.79 Å². The van der Waals surface area contributed by atoms with E-state index >= 15 is 0 Å². The zero-order valence-electron chi connectivity index (χ0n) is 12.1. The minimum Gasteiger partial charge on any atom is -0.320 e. The van der Waals surface area contributed by atoms with Gasteiger partial charge in [-0.25, -0.2) is 0 Å². The van der Waals surface area contributed by atoms with E-state index in [9.17, 15) is 4.79 Å². The molecule has 0 saturated carbocycles. The fourth-order valence-corrected chi connectivity index (χ4v) is 2.89. The molecule has 1 heterocycles. The average Bonchev–Trinajstić information content (AvgIpc) is 2.84. The van der Waals surface area contributed by atoms with Crippen LogP contribution in [0.3, 0.4) is 0 Å². The quantitative estimate of drug-likeness (QED) is 0.855. The van der Waals surface area contributed by atoms with Gasteiger partial charge in [-0.2, -0.15) is 0 Å². The van der Waals surface area contributed by atoms with Gasteiger partial charge < -0.3 is 9.47 Å². The predicted molar refractivity (Wildman–Crippen MR) is 80.4 cm³/mol. The van der Waals surface area contributed by atoms with Gasteiger partial charge in [0, 0.05) is 36.1 Å².